The van der Waals surface area contributed by atoms with Crippen molar-refractivity contribution in [2.75, 3.05) is 6.61 Å². The van der Waals surface area contributed by atoms with Gasteiger partial charge in [-0.25, -0.2) is 9.07 Å². The standard InChI is InChI=1S/C21H20FN3O2/c1-13-9-14(2)20-16(10-13)18(7-8-27-20)24-21(26)15-11-23-25(12-15)19-6-4-3-5-17(19)22/h3-6,9-12,18H,7-8H2,1-2H3,(H,24,26). The van der Waals surface area contributed by atoms with Gasteiger partial charge in [-0.3, -0.25) is 4.79 Å². The number of nitrogens with zero attached hydrogens (tertiary/aromatic N) is 2. The number of carbonyl (C=O) groups excluding carboxylic acids is 1. The van der Waals surface area contributed by atoms with E-state index in [1.54, 1.807) is 18.2 Å². The van der Waals surface area contributed by atoms with E-state index in [1.165, 1.54) is 23.1 Å². The third-order valence-electron chi connectivity index (χ3n) is 4.73. The van der Waals surface area contributed by atoms with Gasteiger partial charge in [0.1, 0.15) is 17.3 Å². The summed E-state index contributed by atoms with van der Waals surface area (Å²) < 4.78 is 21.1. The third-order valence-corrected chi connectivity index (χ3v) is 4.73. The summed E-state index contributed by atoms with van der Waals surface area (Å²) in [5.74, 6) is 0.214. The van der Waals surface area contributed by atoms with Crippen LogP contribution >= 0.6 is 0 Å². The molecule has 1 N–H and O–H groups in total. The number of halogens is 1. The molecule has 1 amide bonds. The molecule has 0 saturated carbocycles. The van der Waals surface area contributed by atoms with Crippen molar-refractivity contribution in [3.63, 3.8) is 0 Å². The van der Waals surface area contributed by atoms with E-state index in [4.69, 9.17) is 4.74 Å². The van der Waals surface area contributed by atoms with Crippen LogP contribution in [-0.4, -0.2) is 22.3 Å². The fourth-order valence-corrected chi connectivity index (χ4v) is 3.48. The van der Waals surface area contributed by atoms with Crippen molar-refractivity contribution in [1.82, 2.24) is 15.1 Å². The maximum atomic E-state index is 13.9. The number of hydrogen-bond donors (Lipinski definition) is 1. The Morgan fingerprint density at radius 3 is 2.93 bits per heavy atom. The van der Waals surface area contributed by atoms with Crippen molar-refractivity contribution in [1.29, 1.82) is 0 Å². The van der Waals surface area contributed by atoms with Crippen LogP contribution in [0.15, 0.2) is 48.8 Å². The molecule has 2 heterocycles. The fourth-order valence-electron chi connectivity index (χ4n) is 3.48. The molecule has 0 spiro atoms. The highest BCUT2D eigenvalue weighted by Crippen LogP contribution is 2.35. The highest BCUT2D eigenvalue weighted by Gasteiger charge is 2.25. The first kappa shape index (κ1) is 17.3. The van der Waals surface area contributed by atoms with Crippen LogP contribution < -0.4 is 10.1 Å². The minimum atomic E-state index is -0.392. The molecule has 138 valence electrons. The minimum absolute atomic E-state index is 0.128. The Balaban J connectivity index is 1.57. The van der Waals surface area contributed by atoms with Crippen LogP contribution in [-0.2, 0) is 0 Å². The van der Waals surface area contributed by atoms with Crippen molar-refractivity contribution in [2.24, 2.45) is 0 Å². The lowest BCUT2D eigenvalue weighted by Gasteiger charge is -2.28. The fraction of sp³-hybridized carbons (Fsp3) is 0.238. The largest absolute Gasteiger partial charge is 0.493 e. The first-order valence-electron chi connectivity index (χ1n) is 8.87. The summed E-state index contributed by atoms with van der Waals surface area (Å²) in [4.78, 5) is 12.7. The van der Waals surface area contributed by atoms with Gasteiger partial charge >= 0.3 is 0 Å². The van der Waals surface area contributed by atoms with Crippen molar-refractivity contribution >= 4 is 5.91 Å². The first-order valence-corrected chi connectivity index (χ1v) is 8.87. The van der Waals surface area contributed by atoms with Gasteiger partial charge < -0.3 is 10.1 Å². The van der Waals surface area contributed by atoms with E-state index in [0.29, 0.717) is 24.3 Å². The number of para-hydroxylation sites is 1. The molecule has 1 aliphatic rings. The van der Waals surface area contributed by atoms with Crippen LogP contribution in [0.4, 0.5) is 4.39 Å². The smallest absolute Gasteiger partial charge is 0.254 e. The van der Waals surface area contributed by atoms with E-state index in [9.17, 15) is 9.18 Å². The van der Waals surface area contributed by atoms with Crippen LogP contribution in [0.5, 0.6) is 5.75 Å². The van der Waals surface area contributed by atoms with Crippen LogP contribution in [0, 0.1) is 19.7 Å². The van der Waals surface area contributed by atoms with Gasteiger partial charge in [0.05, 0.1) is 24.4 Å². The van der Waals surface area contributed by atoms with E-state index in [-0.39, 0.29) is 11.9 Å². The molecule has 3 aromatic rings. The summed E-state index contributed by atoms with van der Waals surface area (Å²) in [7, 11) is 0. The monoisotopic (exact) mass is 365 g/mol. The molecular formula is C21H20FN3O2. The predicted molar refractivity (Wildman–Crippen MR) is 99.8 cm³/mol. The number of carbonyl (C=O) groups is 1. The summed E-state index contributed by atoms with van der Waals surface area (Å²) in [6.45, 7) is 4.59. The molecule has 27 heavy (non-hydrogen) atoms. The number of benzene rings is 2. The SMILES string of the molecule is Cc1cc(C)c2c(c1)C(NC(=O)c1cnn(-c3ccccc3F)c1)CCO2. The summed E-state index contributed by atoms with van der Waals surface area (Å²) >= 11 is 0. The molecule has 5 nitrogen and oxygen atoms in total. The number of ether oxygens (including phenoxy) is 1. The normalized spacial score (nSPS) is 15.7. The van der Waals surface area contributed by atoms with E-state index in [1.807, 2.05) is 13.8 Å². The maximum absolute atomic E-state index is 13.9. The lowest BCUT2D eigenvalue weighted by molar-refractivity contribution is 0.0924. The van der Waals surface area contributed by atoms with Gasteiger partial charge in [0.2, 0.25) is 0 Å². The van der Waals surface area contributed by atoms with Crippen molar-refractivity contribution in [2.45, 2.75) is 26.3 Å². The number of hydrogen-bond acceptors (Lipinski definition) is 3. The highest BCUT2D eigenvalue weighted by molar-refractivity contribution is 5.94. The Bertz CT molecular complexity index is 1010. The van der Waals surface area contributed by atoms with Gasteiger partial charge in [0.15, 0.2) is 0 Å². The van der Waals surface area contributed by atoms with Crippen LogP contribution in [0.25, 0.3) is 5.69 Å². The van der Waals surface area contributed by atoms with E-state index in [0.717, 1.165) is 22.4 Å². The van der Waals surface area contributed by atoms with Crippen molar-refractivity contribution in [3.8, 4) is 11.4 Å². The van der Waals surface area contributed by atoms with Crippen LogP contribution in [0.3, 0.4) is 0 Å². The van der Waals surface area contributed by atoms with Crippen molar-refractivity contribution < 1.29 is 13.9 Å². The van der Waals surface area contributed by atoms with Gasteiger partial charge in [-0.05, 0) is 31.5 Å². The molecule has 1 aliphatic heterocycles. The molecule has 6 heteroatoms. The molecule has 2 aromatic carbocycles. The van der Waals surface area contributed by atoms with E-state index in [2.05, 4.69) is 22.5 Å². The molecule has 1 aromatic heterocycles. The van der Waals surface area contributed by atoms with Crippen LogP contribution in [0.2, 0.25) is 0 Å². The van der Waals surface area contributed by atoms with Gasteiger partial charge in [-0.2, -0.15) is 5.10 Å². The van der Waals surface area contributed by atoms with Gasteiger partial charge in [0.25, 0.3) is 5.91 Å². The topological polar surface area (TPSA) is 56.2 Å². The van der Waals surface area contributed by atoms with E-state index < -0.39 is 5.82 Å². The predicted octanol–water partition coefficient (Wildman–Crippen LogP) is 3.88. The molecule has 0 aliphatic carbocycles. The molecule has 1 atom stereocenters. The zero-order valence-corrected chi connectivity index (χ0v) is 15.2. The number of rotatable bonds is 3. The molecule has 0 saturated heterocycles. The second kappa shape index (κ2) is 6.87. The number of aryl methyl sites for hydroxylation is 2. The summed E-state index contributed by atoms with van der Waals surface area (Å²) in [6, 6.07) is 10.3. The van der Waals surface area contributed by atoms with Gasteiger partial charge in [0, 0.05) is 18.2 Å². The number of amides is 1. The Labute approximate surface area is 156 Å². The Hall–Kier alpha value is -3.15. The number of nitrogens with one attached hydrogen (secondary N) is 1. The molecule has 1 unspecified atom stereocenters. The third kappa shape index (κ3) is 3.30. The Morgan fingerprint density at radius 2 is 2.11 bits per heavy atom. The minimum Gasteiger partial charge on any atom is -0.493 e. The van der Waals surface area contributed by atoms with Crippen LogP contribution in [0.1, 0.15) is 39.5 Å². The molecular weight excluding hydrogens is 345 g/mol. The number of fused-ring (bicyclic) bond motifs is 1. The molecule has 0 fully saturated rings. The quantitative estimate of drug-likeness (QED) is 0.766. The zero-order valence-electron chi connectivity index (χ0n) is 15.2. The molecule has 4 rings (SSSR count). The molecule has 0 radical (unpaired) electrons. The Kier molecular flexibility index (Phi) is 4.39. The summed E-state index contributed by atoms with van der Waals surface area (Å²) in [5.41, 5.74) is 3.88. The number of aromatic nitrogens is 2. The molecule has 0 bridgehead atoms. The van der Waals surface area contributed by atoms with Gasteiger partial charge in [-0.1, -0.05) is 29.8 Å². The summed E-state index contributed by atoms with van der Waals surface area (Å²) in [5, 5.41) is 7.18. The van der Waals surface area contributed by atoms with Gasteiger partial charge in [-0.15, -0.1) is 0 Å². The highest BCUT2D eigenvalue weighted by atomic mass is 19.1. The first-order chi connectivity index (χ1) is 13.0. The second-order valence-electron chi connectivity index (χ2n) is 6.79. The van der Waals surface area contributed by atoms with Crippen molar-refractivity contribution in [3.05, 3.63) is 76.9 Å². The lowest BCUT2D eigenvalue weighted by atomic mass is 9.95. The average Bonchev–Trinajstić information content (AvgIpc) is 3.13. The second-order valence-corrected chi connectivity index (χ2v) is 6.79. The lowest BCUT2D eigenvalue weighted by Crippen LogP contribution is -2.32. The summed E-state index contributed by atoms with van der Waals surface area (Å²) in [6.07, 6.45) is 3.68. The zero-order chi connectivity index (χ0) is 19.0. The Morgan fingerprint density at radius 1 is 1.30 bits per heavy atom. The maximum Gasteiger partial charge on any atom is 0.254 e. The van der Waals surface area contributed by atoms with E-state index >= 15 is 0 Å². The average molecular weight is 365 g/mol.